The van der Waals surface area contributed by atoms with Gasteiger partial charge in [0.15, 0.2) is 0 Å². The topological polar surface area (TPSA) is 50.9 Å². The summed E-state index contributed by atoms with van der Waals surface area (Å²) in [5.41, 5.74) is 6.14. The molecule has 1 aromatic heterocycles. The van der Waals surface area contributed by atoms with E-state index in [0.717, 1.165) is 35.2 Å². The van der Waals surface area contributed by atoms with E-state index in [9.17, 15) is 4.39 Å². The van der Waals surface area contributed by atoms with Gasteiger partial charge in [-0.15, -0.1) is 0 Å². The van der Waals surface area contributed by atoms with Crippen LogP contribution in [0.5, 0.6) is 0 Å². The summed E-state index contributed by atoms with van der Waals surface area (Å²) in [6.45, 7) is 1.88. The zero-order valence-corrected chi connectivity index (χ0v) is 11.0. The van der Waals surface area contributed by atoms with Crippen LogP contribution < -0.4 is 11.3 Å². The molecule has 0 aliphatic heterocycles. The van der Waals surface area contributed by atoms with Crippen LogP contribution in [-0.4, -0.2) is 4.98 Å². The molecule has 2 aromatic rings. The van der Waals surface area contributed by atoms with Crippen LogP contribution in [0.25, 0.3) is 10.9 Å². The number of benzene rings is 1. The molecule has 0 atom stereocenters. The summed E-state index contributed by atoms with van der Waals surface area (Å²) >= 11 is 0. The van der Waals surface area contributed by atoms with E-state index in [2.05, 4.69) is 10.4 Å². The molecule has 0 unspecified atom stereocenters. The molecular formula is C15H18FN3. The maximum absolute atomic E-state index is 13.6. The maximum atomic E-state index is 13.6. The van der Waals surface area contributed by atoms with Gasteiger partial charge in [0.25, 0.3) is 0 Å². The van der Waals surface area contributed by atoms with Gasteiger partial charge in [0.2, 0.25) is 0 Å². The van der Waals surface area contributed by atoms with Crippen molar-refractivity contribution in [3.05, 3.63) is 35.3 Å². The van der Waals surface area contributed by atoms with Gasteiger partial charge in [-0.25, -0.2) is 4.39 Å². The van der Waals surface area contributed by atoms with Crippen LogP contribution in [0.1, 0.15) is 42.9 Å². The third-order valence-corrected chi connectivity index (χ3v) is 4.02. The van der Waals surface area contributed by atoms with E-state index in [1.807, 2.05) is 13.0 Å². The number of aryl methyl sites for hydroxylation is 1. The van der Waals surface area contributed by atoms with Crippen molar-refractivity contribution in [1.82, 2.24) is 4.98 Å². The molecule has 19 heavy (non-hydrogen) atoms. The highest BCUT2D eigenvalue weighted by Gasteiger charge is 2.20. The third-order valence-electron chi connectivity index (χ3n) is 4.02. The third kappa shape index (κ3) is 2.16. The van der Waals surface area contributed by atoms with Gasteiger partial charge in [-0.1, -0.05) is 12.8 Å². The monoisotopic (exact) mass is 259 g/mol. The molecule has 1 heterocycles. The summed E-state index contributed by atoms with van der Waals surface area (Å²) in [5, 5.41) is 0.908. The highest BCUT2D eigenvalue weighted by molar-refractivity contribution is 5.94. The van der Waals surface area contributed by atoms with Crippen molar-refractivity contribution in [2.45, 2.75) is 38.5 Å². The Morgan fingerprint density at radius 2 is 2.00 bits per heavy atom. The predicted molar refractivity (Wildman–Crippen MR) is 75.5 cm³/mol. The van der Waals surface area contributed by atoms with Gasteiger partial charge in [0.05, 0.1) is 11.2 Å². The molecule has 0 amide bonds. The molecule has 3 rings (SSSR count). The summed E-state index contributed by atoms with van der Waals surface area (Å²) in [7, 11) is 0. The molecule has 1 aliphatic carbocycles. The number of halogens is 1. The lowest BCUT2D eigenvalue weighted by Gasteiger charge is -2.14. The van der Waals surface area contributed by atoms with Crippen molar-refractivity contribution in [2.24, 2.45) is 5.84 Å². The molecule has 3 nitrogen and oxygen atoms in total. The van der Waals surface area contributed by atoms with Crippen LogP contribution in [0.4, 0.5) is 10.1 Å². The second-order valence-corrected chi connectivity index (χ2v) is 5.34. The van der Waals surface area contributed by atoms with E-state index in [0.29, 0.717) is 11.4 Å². The maximum Gasteiger partial charge on any atom is 0.125 e. The van der Waals surface area contributed by atoms with Gasteiger partial charge >= 0.3 is 0 Å². The standard InChI is InChI=1S/C15H18FN3/c1-9-6-11(16)7-13-15(9)14(19-17)8-12(18-13)10-4-2-3-5-10/h6-8,10H,2-5,17H2,1H3,(H,18,19). The number of anilines is 1. The number of nitrogen functional groups attached to an aromatic ring is 1. The lowest BCUT2D eigenvalue weighted by atomic mass is 10.00. The number of pyridine rings is 1. The van der Waals surface area contributed by atoms with E-state index >= 15 is 0 Å². The minimum atomic E-state index is -0.246. The Labute approximate surface area is 112 Å². The number of nitrogens with two attached hydrogens (primary N) is 1. The number of hydrazine groups is 1. The van der Waals surface area contributed by atoms with Gasteiger partial charge < -0.3 is 5.43 Å². The first-order valence-corrected chi connectivity index (χ1v) is 6.76. The van der Waals surface area contributed by atoms with Crippen LogP contribution in [0, 0.1) is 12.7 Å². The van der Waals surface area contributed by atoms with Crippen LogP contribution >= 0.6 is 0 Å². The number of hydrogen-bond donors (Lipinski definition) is 2. The van der Waals surface area contributed by atoms with Crippen molar-refractivity contribution >= 4 is 16.6 Å². The Morgan fingerprint density at radius 3 is 2.68 bits per heavy atom. The largest absolute Gasteiger partial charge is 0.323 e. The normalized spacial score (nSPS) is 16.2. The van der Waals surface area contributed by atoms with E-state index in [4.69, 9.17) is 5.84 Å². The molecule has 3 N–H and O–H groups in total. The first-order valence-electron chi connectivity index (χ1n) is 6.76. The van der Waals surface area contributed by atoms with Crippen molar-refractivity contribution in [1.29, 1.82) is 0 Å². The number of nitrogens with zero attached hydrogens (tertiary/aromatic N) is 1. The second kappa shape index (κ2) is 4.78. The number of fused-ring (bicyclic) bond motifs is 1. The average molecular weight is 259 g/mol. The smallest absolute Gasteiger partial charge is 0.125 e. The lowest BCUT2D eigenvalue weighted by Crippen LogP contribution is -2.10. The summed E-state index contributed by atoms with van der Waals surface area (Å²) in [5.74, 6) is 5.86. The fourth-order valence-corrected chi connectivity index (χ4v) is 3.10. The quantitative estimate of drug-likeness (QED) is 0.639. The van der Waals surface area contributed by atoms with Crippen LogP contribution in [0.3, 0.4) is 0 Å². The molecule has 1 fully saturated rings. The summed E-state index contributed by atoms with van der Waals surface area (Å²) in [4.78, 5) is 4.65. The Morgan fingerprint density at radius 1 is 1.26 bits per heavy atom. The van der Waals surface area contributed by atoms with E-state index in [-0.39, 0.29) is 5.82 Å². The van der Waals surface area contributed by atoms with E-state index in [1.165, 1.54) is 25.0 Å². The van der Waals surface area contributed by atoms with Crippen molar-refractivity contribution in [2.75, 3.05) is 5.43 Å². The predicted octanol–water partition coefficient (Wildman–Crippen LogP) is 3.63. The minimum Gasteiger partial charge on any atom is -0.323 e. The highest BCUT2D eigenvalue weighted by atomic mass is 19.1. The van der Waals surface area contributed by atoms with Crippen molar-refractivity contribution in [3.63, 3.8) is 0 Å². The first-order chi connectivity index (χ1) is 9.19. The summed E-state index contributed by atoms with van der Waals surface area (Å²) < 4.78 is 13.6. The van der Waals surface area contributed by atoms with E-state index in [1.54, 1.807) is 0 Å². The lowest BCUT2D eigenvalue weighted by molar-refractivity contribution is 0.628. The zero-order chi connectivity index (χ0) is 13.4. The molecule has 0 radical (unpaired) electrons. The molecule has 0 bridgehead atoms. The zero-order valence-electron chi connectivity index (χ0n) is 11.0. The van der Waals surface area contributed by atoms with Gasteiger partial charge in [-0.05, 0) is 37.5 Å². The minimum absolute atomic E-state index is 0.246. The second-order valence-electron chi connectivity index (χ2n) is 5.34. The molecule has 1 saturated carbocycles. The fourth-order valence-electron chi connectivity index (χ4n) is 3.10. The van der Waals surface area contributed by atoms with Crippen LogP contribution in [-0.2, 0) is 0 Å². The first kappa shape index (κ1) is 12.4. The van der Waals surface area contributed by atoms with E-state index < -0.39 is 0 Å². The molecular weight excluding hydrogens is 241 g/mol. The fraction of sp³-hybridized carbons (Fsp3) is 0.400. The number of rotatable bonds is 2. The number of nitrogens with one attached hydrogen (secondary N) is 1. The van der Waals surface area contributed by atoms with Crippen LogP contribution in [0.2, 0.25) is 0 Å². The molecule has 0 spiro atoms. The molecule has 1 aliphatic rings. The molecule has 100 valence electrons. The Kier molecular flexibility index (Phi) is 3.11. The molecule has 1 aromatic carbocycles. The summed E-state index contributed by atoms with van der Waals surface area (Å²) in [6.07, 6.45) is 4.82. The highest BCUT2D eigenvalue weighted by Crippen LogP contribution is 2.36. The Balaban J connectivity index is 2.21. The van der Waals surface area contributed by atoms with Gasteiger partial charge in [0.1, 0.15) is 5.82 Å². The van der Waals surface area contributed by atoms with Crippen molar-refractivity contribution in [3.8, 4) is 0 Å². The van der Waals surface area contributed by atoms with Gasteiger partial charge in [-0.2, -0.15) is 0 Å². The van der Waals surface area contributed by atoms with Gasteiger partial charge in [-0.3, -0.25) is 10.8 Å². The molecule has 0 saturated heterocycles. The summed E-state index contributed by atoms with van der Waals surface area (Å²) in [6, 6.07) is 5.02. The van der Waals surface area contributed by atoms with Crippen LogP contribution in [0.15, 0.2) is 18.2 Å². The van der Waals surface area contributed by atoms with Gasteiger partial charge in [0, 0.05) is 23.1 Å². The Bertz CT molecular complexity index is 618. The molecule has 4 heteroatoms. The number of aromatic nitrogens is 1. The van der Waals surface area contributed by atoms with Crippen molar-refractivity contribution < 1.29 is 4.39 Å². The Hall–Kier alpha value is -1.68. The SMILES string of the molecule is Cc1cc(F)cc2nc(C3CCCC3)cc(NN)c12. The average Bonchev–Trinajstić information content (AvgIpc) is 2.90. The number of hydrogen-bond acceptors (Lipinski definition) is 3.